The second-order valence-corrected chi connectivity index (χ2v) is 6.97. The Balaban J connectivity index is 2.17. The van der Waals surface area contributed by atoms with E-state index in [4.69, 9.17) is 10.7 Å². The van der Waals surface area contributed by atoms with Crippen LogP contribution in [0.2, 0.25) is 0 Å². The van der Waals surface area contributed by atoms with Gasteiger partial charge in [0.2, 0.25) is 9.05 Å². The number of hydrogen-bond acceptors (Lipinski definition) is 2. The lowest BCUT2D eigenvalue weighted by atomic mass is 9.43. The molecule has 0 unspecified atom stereocenters. The molecule has 0 aromatic rings. The molecule has 11 heavy (non-hydrogen) atoms. The van der Waals surface area contributed by atoms with Crippen molar-refractivity contribution in [2.75, 3.05) is 0 Å². The summed E-state index contributed by atoms with van der Waals surface area (Å²) in [4.78, 5) is 0. The van der Waals surface area contributed by atoms with Gasteiger partial charge in [-0.1, -0.05) is 13.3 Å². The van der Waals surface area contributed by atoms with E-state index in [1.54, 1.807) is 0 Å². The molecule has 0 heterocycles. The van der Waals surface area contributed by atoms with Crippen molar-refractivity contribution in [2.24, 2.45) is 5.41 Å². The Morgan fingerprint density at radius 1 is 1.36 bits per heavy atom. The van der Waals surface area contributed by atoms with Crippen LogP contribution >= 0.6 is 10.7 Å². The molecule has 3 fully saturated rings. The fraction of sp³-hybridized carbons (Fsp3) is 1.00. The predicted molar refractivity (Wildman–Crippen MR) is 44.1 cm³/mol. The summed E-state index contributed by atoms with van der Waals surface area (Å²) in [5.74, 6) is 0. The summed E-state index contributed by atoms with van der Waals surface area (Å²) >= 11 is 0. The Hall–Kier alpha value is 0.240. The number of halogens is 1. The van der Waals surface area contributed by atoms with Gasteiger partial charge in [0.1, 0.15) is 0 Å². The van der Waals surface area contributed by atoms with Crippen LogP contribution in [0.3, 0.4) is 0 Å². The average molecular weight is 195 g/mol. The van der Waals surface area contributed by atoms with Gasteiger partial charge < -0.3 is 0 Å². The Kier molecular flexibility index (Phi) is 1.26. The van der Waals surface area contributed by atoms with Crippen molar-refractivity contribution in [3.8, 4) is 0 Å². The molecule has 2 nitrogen and oxygen atoms in total. The molecule has 4 heteroatoms. The lowest BCUT2D eigenvalue weighted by molar-refractivity contribution is -0.0818. The highest BCUT2D eigenvalue weighted by atomic mass is 35.7. The quantitative estimate of drug-likeness (QED) is 0.630. The second-order valence-electron chi connectivity index (χ2n) is 4.00. The van der Waals surface area contributed by atoms with Crippen molar-refractivity contribution in [3.05, 3.63) is 0 Å². The van der Waals surface area contributed by atoms with Crippen LogP contribution < -0.4 is 0 Å². The van der Waals surface area contributed by atoms with Crippen molar-refractivity contribution in [2.45, 2.75) is 37.4 Å². The molecule has 2 bridgehead atoms. The molecule has 0 N–H and O–H groups in total. The normalized spacial score (nSPS) is 47.8. The highest BCUT2D eigenvalue weighted by Crippen LogP contribution is 2.72. The summed E-state index contributed by atoms with van der Waals surface area (Å²) in [6.45, 7) is 2.12. The maximum atomic E-state index is 11.0. The smallest absolute Gasteiger partial charge is 0.212 e. The van der Waals surface area contributed by atoms with Gasteiger partial charge in [-0.15, -0.1) is 0 Å². The zero-order chi connectivity index (χ0) is 8.33. The standard InChI is InChI=1S/C7H11ClO2S/c1-2-6-3-7(4-6,5-6)11(8,9)10/h2-5H2,1H3. The lowest BCUT2D eigenvalue weighted by Gasteiger charge is -2.68. The molecule has 0 amide bonds. The first kappa shape index (κ1) is 7.87. The topological polar surface area (TPSA) is 34.1 Å². The molecule has 3 aliphatic rings. The maximum Gasteiger partial charge on any atom is 0.238 e. The Morgan fingerprint density at radius 3 is 2.09 bits per heavy atom. The van der Waals surface area contributed by atoms with Crippen molar-refractivity contribution < 1.29 is 8.42 Å². The van der Waals surface area contributed by atoms with Crippen LogP contribution in [0.1, 0.15) is 32.6 Å². The third kappa shape index (κ3) is 0.760. The first-order valence-electron chi connectivity index (χ1n) is 3.87. The minimum absolute atomic E-state index is 0.363. The SMILES string of the molecule is CCC12CC(S(=O)(=O)Cl)(C1)C2. The van der Waals surface area contributed by atoms with E-state index in [-0.39, 0.29) is 0 Å². The molecule has 64 valence electrons. The van der Waals surface area contributed by atoms with Crippen LogP contribution in [0.4, 0.5) is 0 Å². The van der Waals surface area contributed by atoms with Gasteiger partial charge in [-0.25, -0.2) is 8.42 Å². The maximum absolute atomic E-state index is 11.0. The summed E-state index contributed by atoms with van der Waals surface area (Å²) in [7, 11) is 2.03. The fourth-order valence-corrected chi connectivity index (χ4v) is 4.46. The summed E-state index contributed by atoms with van der Waals surface area (Å²) < 4.78 is 21.5. The second kappa shape index (κ2) is 1.77. The van der Waals surface area contributed by atoms with Gasteiger partial charge >= 0.3 is 0 Å². The van der Waals surface area contributed by atoms with Gasteiger partial charge in [-0.3, -0.25) is 0 Å². The first-order chi connectivity index (χ1) is 4.93. The molecule has 0 aromatic carbocycles. The number of rotatable bonds is 2. The van der Waals surface area contributed by atoms with Crippen molar-refractivity contribution in [3.63, 3.8) is 0 Å². The van der Waals surface area contributed by atoms with E-state index in [1.807, 2.05) is 0 Å². The molecule has 3 rings (SSSR count). The summed E-state index contributed by atoms with van der Waals surface area (Å²) in [6.07, 6.45) is 3.52. The summed E-state index contributed by atoms with van der Waals surface area (Å²) in [5.41, 5.74) is 0.363. The van der Waals surface area contributed by atoms with E-state index < -0.39 is 13.8 Å². The van der Waals surface area contributed by atoms with E-state index in [2.05, 4.69) is 6.92 Å². The van der Waals surface area contributed by atoms with E-state index in [9.17, 15) is 8.42 Å². The molecule has 3 saturated carbocycles. The van der Waals surface area contributed by atoms with Gasteiger partial charge in [0.15, 0.2) is 0 Å². The molecular formula is C7H11ClO2S. The summed E-state index contributed by atoms with van der Waals surface area (Å²) in [6, 6.07) is 0. The Labute approximate surface area is 71.3 Å². The molecule has 0 spiro atoms. The van der Waals surface area contributed by atoms with Crippen LogP contribution in [0.5, 0.6) is 0 Å². The zero-order valence-electron chi connectivity index (χ0n) is 6.43. The van der Waals surface area contributed by atoms with Gasteiger partial charge in [0.25, 0.3) is 0 Å². The van der Waals surface area contributed by atoms with Crippen LogP contribution in [0.15, 0.2) is 0 Å². The van der Waals surface area contributed by atoms with Gasteiger partial charge in [-0.05, 0) is 24.7 Å². The van der Waals surface area contributed by atoms with Crippen LogP contribution in [0, 0.1) is 5.41 Å². The summed E-state index contributed by atoms with van der Waals surface area (Å²) in [5, 5.41) is 0. The lowest BCUT2D eigenvalue weighted by Crippen LogP contribution is -2.69. The fourth-order valence-electron chi connectivity index (χ4n) is 2.53. The van der Waals surface area contributed by atoms with E-state index in [0.29, 0.717) is 5.41 Å². The highest BCUT2D eigenvalue weighted by Gasteiger charge is 2.72. The van der Waals surface area contributed by atoms with Gasteiger partial charge in [-0.2, -0.15) is 0 Å². The molecule has 0 aliphatic heterocycles. The minimum atomic E-state index is -3.28. The van der Waals surface area contributed by atoms with Crippen molar-refractivity contribution in [1.29, 1.82) is 0 Å². The van der Waals surface area contributed by atoms with Crippen LogP contribution in [0.25, 0.3) is 0 Å². The highest BCUT2D eigenvalue weighted by molar-refractivity contribution is 8.15. The molecule has 3 aliphatic carbocycles. The largest absolute Gasteiger partial charge is 0.238 e. The molecular weight excluding hydrogens is 184 g/mol. The first-order valence-corrected chi connectivity index (χ1v) is 6.18. The van der Waals surface area contributed by atoms with Crippen LogP contribution in [-0.4, -0.2) is 13.2 Å². The molecule has 0 atom stereocenters. The number of hydrogen-bond donors (Lipinski definition) is 0. The molecule has 0 radical (unpaired) electrons. The van der Waals surface area contributed by atoms with E-state index in [0.717, 1.165) is 25.7 Å². The van der Waals surface area contributed by atoms with Crippen molar-refractivity contribution in [1.82, 2.24) is 0 Å². The zero-order valence-corrected chi connectivity index (χ0v) is 8.00. The average Bonchev–Trinajstić information content (AvgIpc) is 1.53. The monoisotopic (exact) mass is 194 g/mol. The third-order valence-electron chi connectivity index (χ3n) is 3.36. The van der Waals surface area contributed by atoms with Gasteiger partial charge in [0.05, 0.1) is 4.75 Å². The van der Waals surface area contributed by atoms with Crippen molar-refractivity contribution >= 4 is 19.7 Å². The third-order valence-corrected chi connectivity index (χ3v) is 5.81. The van der Waals surface area contributed by atoms with Gasteiger partial charge in [0, 0.05) is 10.7 Å². The Morgan fingerprint density at radius 2 is 1.82 bits per heavy atom. The Bertz CT molecular complexity index is 274. The van der Waals surface area contributed by atoms with Crippen LogP contribution in [-0.2, 0) is 9.05 Å². The molecule has 0 aromatic heterocycles. The molecule has 0 saturated heterocycles. The van der Waals surface area contributed by atoms with E-state index in [1.165, 1.54) is 0 Å². The minimum Gasteiger partial charge on any atom is -0.212 e. The predicted octanol–water partition coefficient (Wildman–Crippen LogP) is 1.89. The van der Waals surface area contributed by atoms with E-state index >= 15 is 0 Å².